The highest BCUT2D eigenvalue weighted by Gasteiger charge is 2.34. The highest BCUT2D eigenvalue weighted by Crippen LogP contribution is 2.33. The molecule has 19 heavy (non-hydrogen) atoms. The molecular weight excluding hydrogens is 306 g/mol. The van der Waals surface area contributed by atoms with Crippen molar-refractivity contribution in [3.63, 3.8) is 0 Å². The molecule has 3 nitrogen and oxygen atoms in total. The molecular formula is C15H26BrNO2. The van der Waals surface area contributed by atoms with Crippen LogP contribution in [0.2, 0.25) is 0 Å². The van der Waals surface area contributed by atoms with E-state index >= 15 is 0 Å². The van der Waals surface area contributed by atoms with E-state index in [2.05, 4.69) is 28.2 Å². The van der Waals surface area contributed by atoms with Crippen molar-refractivity contribution < 1.29 is 9.53 Å². The number of carbonyl (C=O) groups is 1. The molecule has 2 fully saturated rings. The average molecular weight is 332 g/mol. The van der Waals surface area contributed by atoms with Crippen molar-refractivity contribution in [1.29, 1.82) is 0 Å². The molecule has 1 N–H and O–H groups in total. The van der Waals surface area contributed by atoms with Gasteiger partial charge in [0.15, 0.2) is 0 Å². The van der Waals surface area contributed by atoms with Gasteiger partial charge in [-0.05, 0) is 50.9 Å². The third kappa shape index (κ3) is 4.45. The maximum Gasteiger partial charge on any atom is 0.220 e. The third-order valence-corrected chi connectivity index (χ3v) is 5.68. The summed E-state index contributed by atoms with van der Waals surface area (Å²) in [7, 11) is 0. The summed E-state index contributed by atoms with van der Waals surface area (Å²) in [4.78, 5) is 12.1. The van der Waals surface area contributed by atoms with Gasteiger partial charge in [0.2, 0.25) is 5.91 Å². The predicted octanol–water partition coefficient (Wildman–Crippen LogP) is 3.41. The van der Waals surface area contributed by atoms with Crippen LogP contribution >= 0.6 is 15.9 Å². The largest absolute Gasteiger partial charge is 0.378 e. The molecule has 1 amide bonds. The summed E-state index contributed by atoms with van der Waals surface area (Å²) in [6.45, 7) is 3.17. The molecule has 1 saturated carbocycles. The van der Waals surface area contributed by atoms with Crippen molar-refractivity contribution >= 4 is 21.8 Å². The van der Waals surface area contributed by atoms with Crippen molar-refractivity contribution in [2.75, 3.05) is 11.9 Å². The van der Waals surface area contributed by atoms with Crippen LogP contribution in [-0.4, -0.2) is 29.5 Å². The zero-order chi connectivity index (χ0) is 13.7. The van der Waals surface area contributed by atoms with Gasteiger partial charge in [-0.15, -0.1) is 0 Å². The van der Waals surface area contributed by atoms with Crippen LogP contribution in [0, 0.1) is 5.92 Å². The molecule has 0 aromatic carbocycles. The number of ether oxygens (including phenoxy) is 1. The van der Waals surface area contributed by atoms with E-state index in [9.17, 15) is 4.79 Å². The Morgan fingerprint density at radius 1 is 1.37 bits per heavy atom. The van der Waals surface area contributed by atoms with Crippen LogP contribution in [0.1, 0.15) is 58.3 Å². The minimum atomic E-state index is 0.000125. The molecule has 1 heterocycles. The van der Waals surface area contributed by atoms with E-state index in [1.165, 1.54) is 12.8 Å². The maximum atomic E-state index is 12.1. The Labute approximate surface area is 125 Å². The summed E-state index contributed by atoms with van der Waals surface area (Å²) in [5.74, 6) is 1.00. The van der Waals surface area contributed by atoms with Gasteiger partial charge in [0, 0.05) is 23.9 Å². The molecule has 0 aromatic heterocycles. The van der Waals surface area contributed by atoms with E-state index < -0.39 is 0 Å². The lowest BCUT2D eigenvalue weighted by atomic mass is 9.78. The summed E-state index contributed by atoms with van der Waals surface area (Å²) in [5.41, 5.74) is 0.000125. The highest BCUT2D eigenvalue weighted by atomic mass is 79.9. The lowest BCUT2D eigenvalue weighted by Gasteiger charge is -2.39. The van der Waals surface area contributed by atoms with Crippen LogP contribution in [0.4, 0.5) is 0 Å². The molecule has 1 atom stereocenters. The molecule has 1 saturated heterocycles. The first kappa shape index (κ1) is 15.3. The molecule has 4 heteroatoms. The van der Waals surface area contributed by atoms with E-state index in [0.29, 0.717) is 12.5 Å². The summed E-state index contributed by atoms with van der Waals surface area (Å²) in [5, 5.41) is 4.16. The normalized spacial score (nSPS) is 35.3. The van der Waals surface area contributed by atoms with Gasteiger partial charge in [-0.25, -0.2) is 0 Å². The summed E-state index contributed by atoms with van der Waals surface area (Å²) < 4.78 is 5.57. The summed E-state index contributed by atoms with van der Waals surface area (Å²) >= 11 is 3.59. The van der Waals surface area contributed by atoms with Gasteiger partial charge in [-0.3, -0.25) is 4.79 Å². The Hall–Kier alpha value is -0.0900. The average Bonchev–Trinajstić information content (AvgIpc) is 2.93. The first-order valence-electron chi connectivity index (χ1n) is 7.62. The van der Waals surface area contributed by atoms with E-state index in [1.54, 1.807) is 0 Å². The van der Waals surface area contributed by atoms with Gasteiger partial charge in [0.1, 0.15) is 0 Å². The molecule has 2 rings (SSSR count). The van der Waals surface area contributed by atoms with Crippen molar-refractivity contribution in [3.8, 4) is 0 Å². The van der Waals surface area contributed by atoms with Crippen molar-refractivity contribution in [2.24, 2.45) is 5.92 Å². The topological polar surface area (TPSA) is 38.3 Å². The van der Waals surface area contributed by atoms with Gasteiger partial charge >= 0.3 is 0 Å². The number of nitrogens with one attached hydrogen (secondary N) is 1. The van der Waals surface area contributed by atoms with Crippen LogP contribution in [0.25, 0.3) is 0 Å². The van der Waals surface area contributed by atoms with Gasteiger partial charge in [-0.1, -0.05) is 22.9 Å². The number of halogens is 1. The number of hydrogen-bond donors (Lipinski definition) is 1. The Bertz CT molecular complexity index is 295. The Morgan fingerprint density at radius 3 is 2.68 bits per heavy atom. The second-order valence-electron chi connectivity index (χ2n) is 6.32. The van der Waals surface area contributed by atoms with Gasteiger partial charge in [0.05, 0.1) is 6.10 Å². The van der Waals surface area contributed by atoms with Crippen LogP contribution < -0.4 is 5.32 Å². The van der Waals surface area contributed by atoms with E-state index in [4.69, 9.17) is 4.74 Å². The molecule has 2 aliphatic rings. The molecule has 1 unspecified atom stereocenters. The number of amides is 1. The fourth-order valence-corrected chi connectivity index (χ4v) is 3.83. The number of hydrogen-bond acceptors (Lipinski definition) is 2. The molecule has 110 valence electrons. The molecule has 0 spiro atoms. The summed E-state index contributed by atoms with van der Waals surface area (Å²) in [6, 6.07) is 0. The fourth-order valence-electron chi connectivity index (χ4n) is 3.13. The summed E-state index contributed by atoms with van der Waals surface area (Å²) in [6.07, 6.45) is 8.71. The lowest BCUT2D eigenvalue weighted by Crippen LogP contribution is -2.52. The van der Waals surface area contributed by atoms with Crippen molar-refractivity contribution in [3.05, 3.63) is 0 Å². The van der Waals surface area contributed by atoms with Crippen molar-refractivity contribution in [2.45, 2.75) is 69.9 Å². The van der Waals surface area contributed by atoms with Gasteiger partial charge in [-0.2, -0.15) is 0 Å². The predicted molar refractivity (Wildman–Crippen MR) is 80.5 cm³/mol. The fraction of sp³-hybridized carbons (Fsp3) is 0.933. The number of carbonyl (C=O) groups excluding carboxylic acids is 1. The standard InChI is InChI=1S/C15H26BrNO2/c1-12-6-8-15(11-16,9-7-12)17-14(18)5-4-13-3-2-10-19-13/h12-13H,2-11H2,1H3,(H,17,18). The highest BCUT2D eigenvalue weighted by molar-refractivity contribution is 9.09. The smallest absolute Gasteiger partial charge is 0.220 e. The maximum absolute atomic E-state index is 12.1. The molecule has 0 radical (unpaired) electrons. The molecule has 1 aliphatic carbocycles. The monoisotopic (exact) mass is 331 g/mol. The minimum Gasteiger partial charge on any atom is -0.378 e. The van der Waals surface area contributed by atoms with E-state index in [1.807, 2.05) is 0 Å². The second kappa shape index (κ2) is 7.07. The lowest BCUT2D eigenvalue weighted by molar-refractivity contribution is -0.123. The van der Waals surface area contributed by atoms with Crippen LogP contribution in [0.5, 0.6) is 0 Å². The van der Waals surface area contributed by atoms with Crippen LogP contribution in [0.3, 0.4) is 0 Å². The third-order valence-electron chi connectivity index (χ3n) is 4.61. The first-order valence-corrected chi connectivity index (χ1v) is 8.74. The SMILES string of the molecule is CC1CCC(CBr)(NC(=O)CCC2CCCO2)CC1. The minimum absolute atomic E-state index is 0.000125. The number of alkyl halides is 1. The zero-order valence-electron chi connectivity index (χ0n) is 11.9. The van der Waals surface area contributed by atoms with Gasteiger partial charge in [0.25, 0.3) is 0 Å². The van der Waals surface area contributed by atoms with E-state index in [-0.39, 0.29) is 11.4 Å². The van der Waals surface area contributed by atoms with Gasteiger partial charge < -0.3 is 10.1 Å². The first-order chi connectivity index (χ1) is 9.13. The Balaban J connectivity index is 1.75. The van der Waals surface area contributed by atoms with Crippen LogP contribution in [-0.2, 0) is 9.53 Å². The molecule has 0 bridgehead atoms. The zero-order valence-corrected chi connectivity index (χ0v) is 13.5. The van der Waals surface area contributed by atoms with Crippen LogP contribution in [0.15, 0.2) is 0 Å². The second-order valence-corrected chi connectivity index (χ2v) is 6.88. The molecule has 1 aliphatic heterocycles. The number of rotatable bonds is 5. The Morgan fingerprint density at radius 2 is 2.11 bits per heavy atom. The van der Waals surface area contributed by atoms with E-state index in [0.717, 1.165) is 50.0 Å². The quantitative estimate of drug-likeness (QED) is 0.784. The Kier molecular flexibility index (Phi) is 5.70. The molecule has 0 aromatic rings. The van der Waals surface area contributed by atoms with Crippen molar-refractivity contribution in [1.82, 2.24) is 5.32 Å².